The summed E-state index contributed by atoms with van der Waals surface area (Å²) >= 11 is 0. The molecule has 0 aliphatic heterocycles. The predicted octanol–water partition coefficient (Wildman–Crippen LogP) is 2.89. The zero-order chi connectivity index (χ0) is 16.0. The fourth-order valence-corrected chi connectivity index (χ4v) is 2.27. The molecule has 0 aromatic heterocycles. The summed E-state index contributed by atoms with van der Waals surface area (Å²) in [6.07, 6.45) is 1.38. The first-order valence-electron chi connectivity index (χ1n) is 7.43. The highest BCUT2D eigenvalue weighted by atomic mass is 16.4. The number of hydrogen-bond acceptors (Lipinski definition) is 2. The largest absolute Gasteiger partial charge is 0.480 e. The van der Waals surface area contributed by atoms with E-state index in [0.29, 0.717) is 6.42 Å². The summed E-state index contributed by atoms with van der Waals surface area (Å²) in [6, 6.07) is 8.02. The molecule has 1 aromatic rings. The van der Waals surface area contributed by atoms with Crippen molar-refractivity contribution in [1.82, 2.24) is 4.90 Å². The van der Waals surface area contributed by atoms with Crippen LogP contribution < -0.4 is 0 Å². The highest BCUT2D eigenvalue weighted by Gasteiger charge is 2.25. The Labute approximate surface area is 126 Å². The van der Waals surface area contributed by atoms with Gasteiger partial charge in [0.2, 0.25) is 5.91 Å². The highest BCUT2D eigenvalue weighted by molar-refractivity contribution is 5.83. The van der Waals surface area contributed by atoms with E-state index in [-0.39, 0.29) is 24.4 Å². The molecule has 116 valence electrons. The second kappa shape index (κ2) is 7.81. The number of amides is 1. The average Bonchev–Trinajstić information content (AvgIpc) is 2.45. The molecule has 0 radical (unpaired) electrons. The number of aliphatic carboxylic acids is 1. The maximum absolute atomic E-state index is 12.5. The molecule has 2 atom stereocenters. The van der Waals surface area contributed by atoms with Gasteiger partial charge >= 0.3 is 5.97 Å². The van der Waals surface area contributed by atoms with E-state index in [9.17, 15) is 9.59 Å². The molecule has 0 saturated carbocycles. The number of hydrogen-bond donors (Lipinski definition) is 1. The second-order valence-corrected chi connectivity index (χ2v) is 5.71. The molecule has 0 fully saturated rings. The van der Waals surface area contributed by atoms with Gasteiger partial charge in [0, 0.05) is 12.0 Å². The van der Waals surface area contributed by atoms with Gasteiger partial charge in [0.05, 0.1) is 0 Å². The molecule has 0 spiro atoms. The molecular formula is C17H25NO3. The molecule has 1 amide bonds. The van der Waals surface area contributed by atoms with Crippen molar-refractivity contribution < 1.29 is 14.7 Å². The third kappa shape index (κ3) is 5.21. The second-order valence-electron chi connectivity index (χ2n) is 5.71. The number of nitrogens with zero attached hydrogens (tertiary/aromatic N) is 1. The lowest BCUT2D eigenvalue weighted by Crippen LogP contribution is -2.44. The summed E-state index contributed by atoms with van der Waals surface area (Å²) in [5.74, 6) is -1.28. The van der Waals surface area contributed by atoms with Gasteiger partial charge in [-0.15, -0.1) is 0 Å². The summed E-state index contributed by atoms with van der Waals surface area (Å²) in [5.41, 5.74) is 2.28. The van der Waals surface area contributed by atoms with E-state index in [0.717, 1.165) is 12.0 Å². The van der Waals surface area contributed by atoms with Crippen molar-refractivity contribution in [1.29, 1.82) is 0 Å². The van der Waals surface area contributed by atoms with Crippen molar-refractivity contribution in [3.8, 4) is 0 Å². The highest BCUT2D eigenvalue weighted by Crippen LogP contribution is 2.15. The smallest absolute Gasteiger partial charge is 0.323 e. The topological polar surface area (TPSA) is 57.6 Å². The average molecular weight is 291 g/mol. The summed E-state index contributed by atoms with van der Waals surface area (Å²) in [6.45, 7) is 7.50. The minimum absolute atomic E-state index is 0.0610. The normalized spacial score (nSPS) is 13.5. The van der Waals surface area contributed by atoms with E-state index in [1.807, 2.05) is 52.0 Å². The van der Waals surface area contributed by atoms with Crippen LogP contribution in [0.1, 0.15) is 38.3 Å². The van der Waals surface area contributed by atoms with E-state index >= 15 is 0 Å². The van der Waals surface area contributed by atoms with Crippen molar-refractivity contribution in [2.75, 3.05) is 6.54 Å². The first-order chi connectivity index (χ1) is 9.85. The fraction of sp³-hybridized carbons (Fsp3) is 0.529. The molecule has 1 N–H and O–H groups in total. The van der Waals surface area contributed by atoms with Gasteiger partial charge in [0.25, 0.3) is 0 Å². The summed E-state index contributed by atoms with van der Waals surface area (Å²) in [5, 5.41) is 8.99. The van der Waals surface area contributed by atoms with Gasteiger partial charge in [0.15, 0.2) is 0 Å². The molecule has 0 aliphatic carbocycles. The first-order valence-corrected chi connectivity index (χ1v) is 7.43. The third-order valence-electron chi connectivity index (χ3n) is 3.80. The van der Waals surface area contributed by atoms with Crippen LogP contribution in [0.15, 0.2) is 24.3 Å². The standard InChI is InChI=1S/C17H25NO3/c1-5-14(4)18(11-16(19)20)17(21)13(3)10-15-8-6-12(2)7-9-15/h6-9,13-14H,5,10-11H2,1-4H3,(H,19,20). The molecule has 4 nitrogen and oxygen atoms in total. The van der Waals surface area contributed by atoms with Crippen LogP contribution in [0.2, 0.25) is 0 Å². The lowest BCUT2D eigenvalue weighted by molar-refractivity contribution is -0.147. The summed E-state index contributed by atoms with van der Waals surface area (Å²) in [4.78, 5) is 24.9. The number of benzene rings is 1. The number of carbonyl (C=O) groups is 2. The van der Waals surface area contributed by atoms with E-state index in [2.05, 4.69) is 0 Å². The maximum atomic E-state index is 12.5. The molecule has 0 aliphatic rings. The molecule has 0 bridgehead atoms. The Morgan fingerprint density at radius 3 is 2.24 bits per heavy atom. The Morgan fingerprint density at radius 2 is 1.76 bits per heavy atom. The minimum atomic E-state index is -0.966. The van der Waals surface area contributed by atoms with E-state index in [4.69, 9.17) is 5.11 Å². The molecule has 4 heteroatoms. The summed E-state index contributed by atoms with van der Waals surface area (Å²) in [7, 11) is 0. The number of aryl methyl sites for hydroxylation is 1. The van der Waals surface area contributed by atoms with Crippen LogP contribution in [-0.4, -0.2) is 34.5 Å². The Hall–Kier alpha value is -1.84. The minimum Gasteiger partial charge on any atom is -0.480 e. The third-order valence-corrected chi connectivity index (χ3v) is 3.80. The zero-order valence-corrected chi connectivity index (χ0v) is 13.3. The van der Waals surface area contributed by atoms with Crippen LogP contribution in [0.4, 0.5) is 0 Å². The lowest BCUT2D eigenvalue weighted by atomic mass is 9.98. The Kier molecular flexibility index (Phi) is 6.40. The van der Waals surface area contributed by atoms with Crippen molar-refractivity contribution in [3.63, 3.8) is 0 Å². The fourth-order valence-electron chi connectivity index (χ4n) is 2.27. The SMILES string of the molecule is CCC(C)N(CC(=O)O)C(=O)C(C)Cc1ccc(C)cc1. The Morgan fingerprint density at radius 1 is 1.19 bits per heavy atom. The van der Waals surface area contributed by atoms with Gasteiger partial charge in [-0.05, 0) is 32.3 Å². The molecule has 0 heterocycles. The molecule has 1 aromatic carbocycles. The first kappa shape index (κ1) is 17.2. The zero-order valence-electron chi connectivity index (χ0n) is 13.3. The van der Waals surface area contributed by atoms with Crippen LogP contribution in [0.3, 0.4) is 0 Å². The number of rotatable bonds is 7. The van der Waals surface area contributed by atoms with Crippen LogP contribution >= 0.6 is 0 Å². The van der Waals surface area contributed by atoms with Gasteiger partial charge in [-0.3, -0.25) is 9.59 Å². The summed E-state index contributed by atoms with van der Waals surface area (Å²) < 4.78 is 0. The van der Waals surface area contributed by atoms with E-state index in [1.54, 1.807) is 0 Å². The van der Waals surface area contributed by atoms with Crippen LogP contribution in [-0.2, 0) is 16.0 Å². The van der Waals surface area contributed by atoms with Gasteiger partial charge in [-0.25, -0.2) is 0 Å². The predicted molar refractivity (Wildman–Crippen MR) is 83.1 cm³/mol. The van der Waals surface area contributed by atoms with Gasteiger partial charge in [-0.1, -0.05) is 43.7 Å². The van der Waals surface area contributed by atoms with E-state index in [1.165, 1.54) is 10.5 Å². The molecule has 0 saturated heterocycles. The van der Waals surface area contributed by atoms with Crippen LogP contribution in [0, 0.1) is 12.8 Å². The van der Waals surface area contributed by atoms with Crippen LogP contribution in [0.5, 0.6) is 0 Å². The van der Waals surface area contributed by atoms with Crippen molar-refractivity contribution in [2.45, 2.75) is 46.6 Å². The van der Waals surface area contributed by atoms with E-state index < -0.39 is 5.97 Å². The Balaban J connectivity index is 2.77. The quantitative estimate of drug-likeness (QED) is 0.840. The van der Waals surface area contributed by atoms with Crippen molar-refractivity contribution in [2.24, 2.45) is 5.92 Å². The Bertz CT molecular complexity index is 481. The monoisotopic (exact) mass is 291 g/mol. The maximum Gasteiger partial charge on any atom is 0.323 e. The molecular weight excluding hydrogens is 266 g/mol. The van der Waals surface area contributed by atoms with Crippen LogP contribution in [0.25, 0.3) is 0 Å². The number of carbonyl (C=O) groups excluding carboxylic acids is 1. The molecule has 1 rings (SSSR count). The van der Waals surface area contributed by atoms with Gasteiger partial charge in [-0.2, -0.15) is 0 Å². The lowest BCUT2D eigenvalue weighted by Gasteiger charge is -2.29. The number of carboxylic acids is 1. The number of carboxylic acid groups (broad SMARTS) is 1. The van der Waals surface area contributed by atoms with Crippen molar-refractivity contribution >= 4 is 11.9 Å². The van der Waals surface area contributed by atoms with Gasteiger partial charge < -0.3 is 10.0 Å². The molecule has 2 unspecified atom stereocenters. The van der Waals surface area contributed by atoms with Crippen molar-refractivity contribution in [3.05, 3.63) is 35.4 Å². The molecule has 21 heavy (non-hydrogen) atoms. The van der Waals surface area contributed by atoms with Gasteiger partial charge in [0.1, 0.15) is 6.54 Å².